The maximum absolute atomic E-state index is 5.95. The lowest BCUT2D eigenvalue weighted by atomic mass is 9.96. The zero-order chi connectivity index (χ0) is 14.7. The fourth-order valence-corrected chi connectivity index (χ4v) is 3.66. The maximum Gasteiger partial charge on any atom is 0.0815 e. The monoisotopic (exact) mass is 367 g/mol. The minimum absolute atomic E-state index is 0.592. The van der Waals surface area contributed by atoms with Gasteiger partial charge < -0.3 is 5.32 Å². The summed E-state index contributed by atoms with van der Waals surface area (Å²) in [7, 11) is 0. The lowest BCUT2D eigenvalue weighted by Gasteiger charge is -2.21. The predicted molar refractivity (Wildman–Crippen MR) is 90.8 cm³/mol. The van der Waals surface area contributed by atoms with E-state index in [2.05, 4.69) is 38.2 Å². The van der Waals surface area contributed by atoms with Crippen LogP contribution in [-0.4, -0.2) is 9.78 Å². The summed E-state index contributed by atoms with van der Waals surface area (Å²) in [6.07, 6.45) is 8.67. The van der Waals surface area contributed by atoms with Crippen LogP contribution in [0.4, 0.5) is 5.69 Å². The Morgan fingerprint density at radius 2 is 2.05 bits per heavy atom. The summed E-state index contributed by atoms with van der Waals surface area (Å²) in [6.45, 7) is 0.722. The van der Waals surface area contributed by atoms with Crippen molar-refractivity contribution in [1.82, 2.24) is 9.78 Å². The molecule has 0 bridgehead atoms. The minimum atomic E-state index is 0.592. The van der Waals surface area contributed by atoms with Gasteiger partial charge >= 0.3 is 0 Å². The van der Waals surface area contributed by atoms with Crippen molar-refractivity contribution in [3.8, 4) is 0 Å². The minimum Gasteiger partial charge on any atom is -0.378 e. The van der Waals surface area contributed by atoms with Crippen molar-refractivity contribution in [2.45, 2.75) is 44.7 Å². The molecule has 1 saturated carbocycles. The molecule has 1 fully saturated rings. The Bertz CT molecular complexity index is 605. The van der Waals surface area contributed by atoms with Gasteiger partial charge in [0.05, 0.1) is 18.3 Å². The topological polar surface area (TPSA) is 29.9 Å². The summed E-state index contributed by atoms with van der Waals surface area (Å²) in [4.78, 5) is 0. The predicted octanol–water partition coefficient (Wildman–Crippen LogP) is 5.42. The van der Waals surface area contributed by atoms with Crippen LogP contribution in [0.3, 0.4) is 0 Å². The number of nitrogens with one attached hydrogen (secondary N) is 1. The van der Waals surface area contributed by atoms with Crippen molar-refractivity contribution in [2.75, 3.05) is 5.32 Å². The van der Waals surface area contributed by atoms with E-state index in [1.54, 1.807) is 0 Å². The van der Waals surface area contributed by atoms with Crippen molar-refractivity contribution < 1.29 is 0 Å². The molecule has 3 nitrogen and oxygen atoms in total. The van der Waals surface area contributed by atoms with Crippen molar-refractivity contribution >= 4 is 33.2 Å². The van der Waals surface area contributed by atoms with Gasteiger partial charge in [-0.2, -0.15) is 5.10 Å². The summed E-state index contributed by atoms with van der Waals surface area (Å²) in [5, 5.41) is 8.83. The molecule has 112 valence electrons. The molecule has 0 radical (unpaired) electrons. The molecule has 1 aliphatic rings. The standard InChI is InChI=1S/C16H19BrClN3/c17-15-10-12(18)6-7-16(15)19-11-13-8-9-21(20-13)14-4-2-1-3-5-14/h6-10,14,19H,1-5,11H2. The smallest absolute Gasteiger partial charge is 0.0815 e. The van der Waals surface area contributed by atoms with E-state index in [1.807, 2.05) is 18.2 Å². The van der Waals surface area contributed by atoms with Gasteiger partial charge in [-0.25, -0.2) is 0 Å². The molecule has 0 amide bonds. The molecule has 0 aliphatic heterocycles. The van der Waals surface area contributed by atoms with Gasteiger partial charge in [0.25, 0.3) is 0 Å². The van der Waals surface area contributed by atoms with E-state index in [4.69, 9.17) is 16.7 Å². The first-order valence-electron chi connectivity index (χ1n) is 7.45. The van der Waals surface area contributed by atoms with Crippen LogP contribution in [0.2, 0.25) is 5.02 Å². The fraction of sp³-hybridized carbons (Fsp3) is 0.438. The molecule has 3 rings (SSSR count). The zero-order valence-electron chi connectivity index (χ0n) is 11.9. The van der Waals surface area contributed by atoms with Crippen LogP contribution < -0.4 is 5.32 Å². The summed E-state index contributed by atoms with van der Waals surface area (Å²) < 4.78 is 3.12. The van der Waals surface area contributed by atoms with E-state index in [-0.39, 0.29) is 0 Å². The Morgan fingerprint density at radius 3 is 2.81 bits per heavy atom. The van der Waals surface area contributed by atoms with E-state index in [1.165, 1.54) is 32.1 Å². The van der Waals surface area contributed by atoms with Gasteiger partial charge in [-0.15, -0.1) is 0 Å². The highest BCUT2D eigenvalue weighted by molar-refractivity contribution is 9.10. The highest BCUT2D eigenvalue weighted by Crippen LogP contribution is 2.28. The molecule has 0 saturated heterocycles. The molecule has 1 N–H and O–H groups in total. The maximum atomic E-state index is 5.95. The lowest BCUT2D eigenvalue weighted by molar-refractivity contribution is 0.328. The molecular weight excluding hydrogens is 350 g/mol. The third-order valence-electron chi connectivity index (χ3n) is 4.00. The van der Waals surface area contributed by atoms with E-state index >= 15 is 0 Å². The Labute approximate surface area is 138 Å². The molecule has 0 unspecified atom stereocenters. The number of hydrogen-bond donors (Lipinski definition) is 1. The van der Waals surface area contributed by atoms with Gasteiger partial charge in [0.2, 0.25) is 0 Å². The first-order valence-corrected chi connectivity index (χ1v) is 8.62. The molecule has 1 heterocycles. The van der Waals surface area contributed by atoms with Crippen molar-refractivity contribution in [1.29, 1.82) is 0 Å². The second-order valence-corrected chi connectivity index (χ2v) is 6.85. The molecule has 0 atom stereocenters. The lowest BCUT2D eigenvalue weighted by Crippen LogP contribution is -2.13. The highest BCUT2D eigenvalue weighted by Gasteiger charge is 2.15. The van der Waals surface area contributed by atoms with Crippen LogP contribution in [0.25, 0.3) is 0 Å². The third kappa shape index (κ3) is 3.80. The van der Waals surface area contributed by atoms with E-state index in [0.29, 0.717) is 6.04 Å². The van der Waals surface area contributed by atoms with Crippen LogP contribution in [0.1, 0.15) is 43.8 Å². The van der Waals surface area contributed by atoms with Gasteiger partial charge in [-0.3, -0.25) is 4.68 Å². The quantitative estimate of drug-likeness (QED) is 0.781. The molecular formula is C16H19BrClN3. The third-order valence-corrected chi connectivity index (χ3v) is 4.89. The summed E-state index contributed by atoms with van der Waals surface area (Å²) in [5.41, 5.74) is 2.11. The van der Waals surface area contributed by atoms with E-state index in [0.717, 1.165) is 27.4 Å². The van der Waals surface area contributed by atoms with Gasteiger partial charge in [0.1, 0.15) is 0 Å². The number of benzene rings is 1. The number of halogens is 2. The normalized spacial score (nSPS) is 16.1. The average Bonchev–Trinajstić information content (AvgIpc) is 2.96. The highest BCUT2D eigenvalue weighted by atomic mass is 79.9. The molecule has 1 aromatic carbocycles. The molecule has 1 aromatic heterocycles. The van der Waals surface area contributed by atoms with Crippen molar-refractivity contribution in [2.24, 2.45) is 0 Å². The first kappa shape index (κ1) is 14.9. The number of rotatable bonds is 4. The second kappa shape index (κ2) is 6.84. The number of aromatic nitrogens is 2. The van der Waals surface area contributed by atoms with Crippen molar-refractivity contribution in [3.05, 3.63) is 45.7 Å². The molecule has 21 heavy (non-hydrogen) atoms. The van der Waals surface area contributed by atoms with Gasteiger partial charge in [-0.1, -0.05) is 30.9 Å². The summed E-state index contributed by atoms with van der Waals surface area (Å²) in [5.74, 6) is 0. The average molecular weight is 369 g/mol. The Kier molecular flexibility index (Phi) is 4.86. The van der Waals surface area contributed by atoms with Crippen LogP contribution in [0.5, 0.6) is 0 Å². The molecule has 1 aliphatic carbocycles. The molecule has 5 heteroatoms. The Morgan fingerprint density at radius 1 is 1.24 bits per heavy atom. The molecule has 2 aromatic rings. The number of anilines is 1. The van der Waals surface area contributed by atoms with Gasteiger partial charge in [0.15, 0.2) is 0 Å². The number of hydrogen-bond acceptors (Lipinski definition) is 2. The van der Waals surface area contributed by atoms with Gasteiger partial charge in [-0.05, 0) is 53.0 Å². The fourth-order valence-electron chi connectivity index (χ4n) is 2.84. The van der Waals surface area contributed by atoms with E-state index in [9.17, 15) is 0 Å². The first-order chi connectivity index (χ1) is 10.2. The van der Waals surface area contributed by atoms with Crippen LogP contribution in [0.15, 0.2) is 34.9 Å². The zero-order valence-corrected chi connectivity index (χ0v) is 14.2. The van der Waals surface area contributed by atoms with Crippen molar-refractivity contribution in [3.63, 3.8) is 0 Å². The second-order valence-electron chi connectivity index (χ2n) is 5.56. The molecule has 0 spiro atoms. The number of nitrogens with zero attached hydrogens (tertiary/aromatic N) is 2. The van der Waals surface area contributed by atoms with Gasteiger partial charge in [0, 0.05) is 21.4 Å². The van der Waals surface area contributed by atoms with Crippen LogP contribution in [-0.2, 0) is 6.54 Å². The van der Waals surface area contributed by atoms with Crippen LogP contribution in [0, 0.1) is 0 Å². The van der Waals surface area contributed by atoms with E-state index < -0.39 is 0 Å². The summed E-state index contributed by atoms with van der Waals surface area (Å²) >= 11 is 9.47. The Balaban J connectivity index is 1.61. The SMILES string of the molecule is Clc1ccc(NCc2ccn(C3CCCCC3)n2)c(Br)c1. The largest absolute Gasteiger partial charge is 0.378 e. The van der Waals surface area contributed by atoms with Crippen LogP contribution >= 0.6 is 27.5 Å². The Hall–Kier alpha value is -1.00. The summed E-state index contributed by atoms with van der Waals surface area (Å²) in [6, 6.07) is 8.45.